The van der Waals surface area contributed by atoms with E-state index >= 15 is 0 Å². The van der Waals surface area contributed by atoms with Gasteiger partial charge in [0.05, 0.1) is 22.9 Å². The Morgan fingerprint density at radius 2 is 1.77 bits per heavy atom. The lowest BCUT2D eigenvalue weighted by Crippen LogP contribution is -2.29. The first-order chi connectivity index (χ1) is 16.9. The van der Waals surface area contributed by atoms with E-state index in [1.807, 2.05) is 73.7 Å². The van der Waals surface area contributed by atoms with E-state index in [-0.39, 0.29) is 5.78 Å². The number of allylic oxidation sites excluding steroid dienone is 2. The number of ketones is 1. The van der Waals surface area contributed by atoms with Crippen LogP contribution >= 0.6 is 38.5 Å². The number of carbonyl (C=O) groups is 2. The summed E-state index contributed by atoms with van der Waals surface area (Å²) in [6, 6.07) is 21.3. The van der Waals surface area contributed by atoms with Gasteiger partial charge in [-0.3, -0.25) is 4.79 Å². The number of fused-ring (bicyclic) bond motifs is 2. The summed E-state index contributed by atoms with van der Waals surface area (Å²) in [6.45, 7) is 2.26. The van der Waals surface area contributed by atoms with Gasteiger partial charge in [-0.15, -0.1) is 0 Å². The number of methoxy groups -OCH3 is 1. The monoisotopic (exact) mass is 641 g/mol. The van der Waals surface area contributed by atoms with Crippen molar-refractivity contribution in [3.63, 3.8) is 0 Å². The summed E-state index contributed by atoms with van der Waals surface area (Å²) in [5.74, 6) is -0.445. The fourth-order valence-electron chi connectivity index (χ4n) is 4.60. The smallest absolute Gasteiger partial charge is 0.336 e. The third kappa shape index (κ3) is 4.31. The van der Waals surface area contributed by atoms with Gasteiger partial charge in [0.25, 0.3) is 0 Å². The lowest BCUT2D eigenvalue weighted by molar-refractivity contribution is -0.136. The minimum Gasteiger partial charge on any atom is -0.488 e. The molecule has 5 nitrogen and oxygen atoms in total. The molecule has 0 spiro atoms. The predicted octanol–water partition coefficient (Wildman–Crippen LogP) is 6.37. The second kappa shape index (κ2) is 9.62. The van der Waals surface area contributed by atoms with Crippen molar-refractivity contribution >= 4 is 56.0 Å². The number of Topliss-reactive ketones (excluding diaryl/α,β-unsaturated/α-hetero) is 1. The van der Waals surface area contributed by atoms with E-state index in [1.54, 1.807) is 0 Å². The Kier molecular flexibility index (Phi) is 6.55. The summed E-state index contributed by atoms with van der Waals surface area (Å²) in [4.78, 5) is 26.4. The van der Waals surface area contributed by atoms with Gasteiger partial charge in [-0.05, 0) is 80.8 Å². The minimum absolute atomic E-state index is 0.0860. The summed E-state index contributed by atoms with van der Waals surface area (Å²) in [5, 5.41) is 3.30. The number of hydrogen-bond acceptors (Lipinski definition) is 5. The van der Waals surface area contributed by atoms with Crippen LogP contribution in [0.1, 0.15) is 39.9 Å². The SMILES string of the molecule is COC(=O)C1=C(C)NC2=C(C(=O)c3ccccc32)[C@H]1c1ccc(OCc2ccc(I)cc2)c(Br)c1. The number of carbonyl (C=O) groups excluding carboxylic acids is 2. The highest BCUT2D eigenvalue weighted by Gasteiger charge is 2.42. The third-order valence-corrected chi connectivity index (χ3v) is 7.59. The molecule has 1 atom stereocenters. The Labute approximate surface area is 225 Å². The fourth-order valence-corrected chi connectivity index (χ4v) is 5.47. The van der Waals surface area contributed by atoms with Crippen molar-refractivity contribution in [2.45, 2.75) is 19.4 Å². The van der Waals surface area contributed by atoms with Gasteiger partial charge in [0.1, 0.15) is 12.4 Å². The van der Waals surface area contributed by atoms with Crippen LogP contribution in [0.4, 0.5) is 0 Å². The average Bonchev–Trinajstić information content (AvgIpc) is 3.14. The van der Waals surface area contributed by atoms with Crippen LogP contribution in [0.25, 0.3) is 5.70 Å². The topological polar surface area (TPSA) is 64.6 Å². The van der Waals surface area contributed by atoms with Crippen molar-refractivity contribution in [2.24, 2.45) is 0 Å². The van der Waals surface area contributed by atoms with Gasteiger partial charge in [0.2, 0.25) is 0 Å². The van der Waals surface area contributed by atoms with Crippen molar-refractivity contribution < 1.29 is 19.1 Å². The highest BCUT2D eigenvalue weighted by molar-refractivity contribution is 14.1. The minimum atomic E-state index is -0.569. The van der Waals surface area contributed by atoms with Crippen LogP contribution in [0.2, 0.25) is 0 Å². The molecule has 3 aromatic rings. The van der Waals surface area contributed by atoms with E-state index in [0.29, 0.717) is 34.8 Å². The first kappa shape index (κ1) is 23.8. The predicted molar refractivity (Wildman–Crippen MR) is 146 cm³/mol. The number of benzene rings is 3. The summed E-state index contributed by atoms with van der Waals surface area (Å²) in [6.07, 6.45) is 0. The first-order valence-electron chi connectivity index (χ1n) is 11.0. The van der Waals surface area contributed by atoms with Crippen LogP contribution in [0.15, 0.2) is 88.0 Å². The van der Waals surface area contributed by atoms with Crippen molar-refractivity contribution in [1.29, 1.82) is 0 Å². The van der Waals surface area contributed by atoms with Gasteiger partial charge in [0, 0.05) is 31.9 Å². The molecule has 0 saturated heterocycles. The summed E-state index contributed by atoms with van der Waals surface area (Å²) < 4.78 is 13.1. The molecule has 2 aliphatic rings. The maximum atomic E-state index is 13.5. The van der Waals surface area contributed by atoms with E-state index < -0.39 is 11.9 Å². The molecule has 0 amide bonds. The number of dihydropyridines is 1. The lowest BCUT2D eigenvalue weighted by Gasteiger charge is -2.29. The Morgan fingerprint density at radius 3 is 2.46 bits per heavy atom. The number of ether oxygens (including phenoxy) is 2. The largest absolute Gasteiger partial charge is 0.488 e. The molecular weight excluding hydrogens is 621 g/mol. The van der Waals surface area contributed by atoms with Gasteiger partial charge in [-0.25, -0.2) is 4.79 Å². The lowest BCUT2D eigenvalue weighted by atomic mass is 9.80. The van der Waals surface area contributed by atoms with Crippen LogP contribution in [-0.4, -0.2) is 18.9 Å². The molecular formula is C28H21BrINO4. The van der Waals surface area contributed by atoms with Crippen LogP contribution in [0.3, 0.4) is 0 Å². The molecule has 1 aliphatic carbocycles. The highest BCUT2D eigenvalue weighted by Crippen LogP contribution is 2.47. The van der Waals surface area contributed by atoms with Crippen molar-refractivity contribution in [1.82, 2.24) is 5.32 Å². The number of halogens is 2. The van der Waals surface area contributed by atoms with Crippen molar-refractivity contribution in [2.75, 3.05) is 7.11 Å². The van der Waals surface area contributed by atoms with Gasteiger partial charge < -0.3 is 14.8 Å². The maximum absolute atomic E-state index is 13.5. The van der Waals surface area contributed by atoms with Crippen LogP contribution < -0.4 is 10.1 Å². The Balaban J connectivity index is 1.53. The highest BCUT2D eigenvalue weighted by atomic mass is 127. The van der Waals surface area contributed by atoms with Crippen molar-refractivity contribution in [3.8, 4) is 5.75 Å². The van der Waals surface area contributed by atoms with E-state index in [2.05, 4.69) is 43.8 Å². The molecule has 7 heteroatoms. The quantitative estimate of drug-likeness (QED) is 0.259. The first-order valence-corrected chi connectivity index (χ1v) is 12.9. The molecule has 0 fully saturated rings. The van der Waals surface area contributed by atoms with E-state index in [1.165, 1.54) is 10.7 Å². The molecule has 1 N–H and O–H groups in total. The molecule has 0 aromatic heterocycles. The standard InChI is InChI=1S/C28H21BrINO4/c1-15-23(28(33)34-2)24(25-26(31-15)19-5-3-4-6-20(19)27(25)32)17-9-12-22(21(29)13-17)35-14-16-7-10-18(30)11-8-16/h3-13,24,31H,14H2,1-2H3/t24-/m0/s1. The molecule has 1 aliphatic heterocycles. The fraction of sp³-hybridized carbons (Fsp3) is 0.143. The Hall–Kier alpha value is -2.91. The normalized spacial score (nSPS) is 16.6. The zero-order valence-electron chi connectivity index (χ0n) is 19.0. The molecule has 3 aromatic carbocycles. The summed E-state index contributed by atoms with van der Waals surface area (Å²) >= 11 is 5.90. The number of hydrogen-bond donors (Lipinski definition) is 1. The zero-order valence-corrected chi connectivity index (χ0v) is 22.8. The molecule has 5 rings (SSSR count). The second-order valence-electron chi connectivity index (χ2n) is 8.36. The summed E-state index contributed by atoms with van der Waals surface area (Å²) in [7, 11) is 1.35. The Bertz CT molecular complexity index is 1430. The van der Waals surface area contributed by atoms with Gasteiger partial charge in [-0.2, -0.15) is 0 Å². The molecule has 0 saturated carbocycles. The second-order valence-corrected chi connectivity index (χ2v) is 10.5. The molecule has 0 bridgehead atoms. The van der Waals surface area contributed by atoms with Crippen molar-refractivity contribution in [3.05, 3.63) is 114 Å². The average molecular weight is 642 g/mol. The van der Waals surface area contributed by atoms with E-state index in [0.717, 1.165) is 26.9 Å². The molecule has 176 valence electrons. The Morgan fingerprint density at radius 1 is 1.06 bits per heavy atom. The number of esters is 1. The van der Waals surface area contributed by atoms with Crippen LogP contribution in [-0.2, 0) is 16.1 Å². The zero-order chi connectivity index (χ0) is 24.7. The maximum Gasteiger partial charge on any atom is 0.336 e. The van der Waals surface area contributed by atoms with E-state index in [4.69, 9.17) is 9.47 Å². The number of rotatable bonds is 5. The van der Waals surface area contributed by atoms with Gasteiger partial charge in [-0.1, -0.05) is 42.5 Å². The van der Waals surface area contributed by atoms with Crippen LogP contribution in [0, 0.1) is 3.57 Å². The molecule has 35 heavy (non-hydrogen) atoms. The van der Waals surface area contributed by atoms with Gasteiger partial charge >= 0.3 is 5.97 Å². The van der Waals surface area contributed by atoms with Crippen LogP contribution in [0.5, 0.6) is 5.75 Å². The van der Waals surface area contributed by atoms with E-state index in [9.17, 15) is 9.59 Å². The third-order valence-electron chi connectivity index (χ3n) is 6.25. The van der Waals surface area contributed by atoms with Gasteiger partial charge in [0.15, 0.2) is 5.78 Å². The molecule has 0 unspecified atom stereocenters. The number of nitrogens with one attached hydrogen (secondary N) is 1. The molecule has 1 heterocycles. The molecule has 0 radical (unpaired) electrons. The summed E-state index contributed by atoms with van der Waals surface area (Å²) in [5.41, 5.74) is 5.73.